The van der Waals surface area contributed by atoms with Gasteiger partial charge in [-0.2, -0.15) is 0 Å². The molecule has 0 atom stereocenters. The largest absolute Gasteiger partial charge is 0.488 e. The predicted molar refractivity (Wildman–Crippen MR) is 75.1 cm³/mol. The number of halogens is 2. The van der Waals surface area contributed by atoms with E-state index in [9.17, 15) is 0 Å². The lowest BCUT2D eigenvalue weighted by Crippen LogP contribution is -1.94. The van der Waals surface area contributed by atoms with Gasteiger partial charge in [-0.3, -0.25) is 0 Å². The van der Waals surface area contributed by atoms with Crippen molar-refractivity contribution >= 4 is 38.9 Å². The highest BCUT2D eigenvalue weighted by Crippen LogP contribution is 2.27. The smallest absolute Gasteiger partial charge is 0.183 e. The number of thiazole rings is 1. The maximum absolute atomic E-state index is 5.76. The Balaban J connectivity index is 2.09. The number of ether oxygens (including phenoxy) is 1. The number of hydrogen-bond acceptors (Lipinski definition) is 3. The van der Waals surface area contributed by atoms with Crippen LogP contribution in [0.15, 0.2) is 22.8 Å². The van der Waals surface area contributed by atoms with E-state index in [2.05, 4.69) is 20.9 Å². The minimum Gasteiger partial charge on any atom is -0.488 e. The highest BCUT2D eigenvalue weighted by molar-refractivity contribution is 9.10. The van der Waals surface area contributed by atoms with Crippen molar-refractivity contribution in [3.8, 4) is 5.75 Å². The zero-order valence-corrected chi connectivity index (χ0v) is 12.6. The summed E-state index contributed by atoms with van der Waals surface area (Å²) in [4.78, 5) is 5.00. The Morgan fingerprint density at radius 3 is 2.53 bits per heavy atom. The van der Waals surface area contributed by atoms with Crippen LogP contribution in [-0.2, 0) is 6.61 Å². The Bertz CT molecular complexity index is 518. The second-order valence-electron chi connectivity index (χ2n) is 3.74. The molecule has 1 aromatic heterocycles. The normalized spacial score (nSPS) is 10.6. The van der Waals surface area contributed by atoms with Crippen LogP contribution in [0.4, 0.5) is 0 Å². The van der Waals surface area contributed by atoms with Gasteiger partial charge >= 0.3 is 0 Å². The lowest BCUT2D eigenvalue weighted by atomic mass is 10.1. The van der Waals surface area contributed by atoms with Crippen LogP contribution in [0, 0.1) is 13.8 Å². The van der Waals surface area contributed by atoms with Crippen LogP contribution in [0.1, 0.15) is 16.0 Å². The van der Waals surface area contributed by atoms with Crippen molar-refractivity contribution < 1.29 is 4.74 Å². The first-order chi connectivity index (χ1) is 8.06. The Morgan fingerprint density at radius 2 is 2.00 bits per heavy atom. The van der Waals surface area contributed by atoms with Crippen LogP contribution in [0.2, 0.25) is 4.47 Å². The van der Waals surface area contributed by atoms with Gasteiger partial charge in [-0.25, -0.2) is 4.98 Å². The van der Waals surface area contributed by atoms with Gasteiger partial charge in [0.15, 0.2) is 4.47 Å². The van der Waals surface area contributed by atoms with E-state index >= 15 is 0 Å². The van der Waals surface area contributed by atoms with Crippen molar-refractivity contribution in [1.82, 2.24) is 4.98 Å². The van der Waals surface area contributed by atoms with Crippen molar-refractivity contribution in [2.75, 3.05) is 0 Å². The SMILES string of the molecule is Cc1cc(OCc2cnc(Cl)s2)cc(C)c1Br. The summed E-state index contributed by atoms with van der Waals surface area (Å²) in [6, 6.07) is 4.03. The van der Waals surface area contributed by atoms with Crippen LogP contribution < -0.4 is 4.74 Å². The number of benzene rings is 1. The van der Waals surface area contributed by atoms with Gasteiger partial charge < -0.3 is 4.74 Å². The molecular weight excluding hydrogens is 322 g/mol. The number of rotatable bonds is 3. The summed E-state index contributed by atoms with van der Waals surface area (Å²) in [6.45, 7) is 4.60. The van der Waals surface area contributed by atoms with E-state index < -0.39 is 0 Å². The van der Waals surface area contributed by atoms with Gasteiger partial charge in [0, 0.05) is 10.7 Å². The van der Waals surface area contributed by atoms with Crippen LogP contribution >= 0.6 is 38.9 Å². The molecule has 0 aliphatic carbocycles. The van der Waals surface area contributed by atoms with Crippen molar-refractivity contribution in [1.29, 1.82) is 0 Å². The predicted octanol–water partition coefficient (Wildman–Crippen LogP) is 4.75. The van der Waals surface area contributed by atoms with Crippen LogP contribution in [0.25, 0.3) is 0 Å². The molecule has 17 heavy (non-hydrogen) atoms. The number of nitrogens with zero attached hydrogens (tertiary/aromatic N) is 1. The quantitative estimate of drug-likeness (QED) is 0.809. The lowest BCUT2D eigenvalue weighted by molar-refractivity contribution is 0.309. The van der Waals surface area contributed by atoms with Crippen LogP contribution in [0.5, 0.6) is 5.75 Å². The molecule has 0 saturated carbocycles. The van der Waals surface area contributed by atoms with Gasteiger partial charge in [-0.15, -0.1) is 11.3 Å². The highest BCUT2D eigenvalue weighted by Gasteiger charge is 2.05. The monoisotopic (exact) mass is 331 g/mol. The summed E-state index contributed by atoms with van der Waals surface area (Å²) in [5.74, 6) is 0.868. The van der Waals surface area contributed by atoms with E-state index in [1.165, 1.54) is 22.5 Å². The molecule has 5 heteroatoms. The number of hydrogen-bond donors (Lipinski definition) is 0. The maximum atomic E-state index is 5.76. The fourth-order valence-corrected chi connectivity index (χ4v) is 2.61. The lowest BCUT2D eigenvalue weighted by Gasteiger charge is -2.09. The third-order valence-corrected chi connectivity index (χ3v) is 4.66. The third kappa shape index (κ3) is 3.21. The number of aromatic nitrogens is 1. The Morgan fingerprint density at radius 1 is 1.35 bits per heavy atom. The molecule has 90 valence electrons. The van der Waals surface area contributed by atoms with E-state index in [0.717, 1.165) is 15.1 Å². The third-order valence-electron chi connectivity index (χ3n) is 2.32. The summed E-state index contributed by atoms with van der Waals surface area (Å²) in [5, 5.41) is 0. The van der Waals surface area contributed by atoms with Crippen molar-refractivity contribution in [2.45, 2.75) is 20.5 Å². The van der Waals surface area contributed by atoms with Crippen molar-refractivity contribution in [3.05, 3.63) is 43.3 Å². The van der Waals surface area contributed by atoms with Gasteiger partial charge in [0.25, 0.3) is 0 Å². The van der Waals surface area contributed by atoms with Crippen molar-refractivity contribution in [2.24, 2.45) is 0 Å². The Hall–Kier alpha value is -0.580. The highest BCUT2D eigenvalue weighted by atomic mass is 79.9. The molecule has 0 amide bonds. The first kappa shape index (κ1) is 12.9. The van der Waals surface area contributed by atoms with E-state index in [1.807, 2.05) is 26.0 Å². The zero-order valence-electron chi connectivity index (χ0n) is 9.46. The Kier molecular flexibility index (Phi) is 4.07. The zero-order chi connectivity index (χ0) is 12.4. The molecule has 0 spiro atoms. The molecule has 0 unspecified atom stereocenters. The van der Waals surface area contributed by atoms with E-state index in [4.69, 9.17) is 16.3 Å². The summed E-state index contributed by atoms with van der Waals surface area (Å²) in [5.41, 5.74) is 2.34. The molecule has 1 heterocycles. The van der Waals surface area contributed by atoms with Crippen LogP contribution in [-0.4, -0.2) is 4.98 Å². The molecular formula is C12H11BrClNOS. The number of aryl methyl sites for hydroxylation is 2. The summed E-state index contributed by atoms with van der Waals surface area (Å²) in [7, 11) is 0. The van der Waals surface area contributed by atoms with E-state index in [-0.39, 0.29) is 0 Å². The van der Waals surface area contributed by atoms with Gasteiger partial charge in [0.05, 0.1) is 4.88 Å². The molecule has 0 N–H and O–H groups in total. The molecule has 2 nitrogen and oxygen atoms in total. The molecule has 0 saturated heterocycles. The minimum absolute atomic E-state index is 0.505. The average molecular weight is 333 g/mol. The molecule has 2 aromatic rings. The maximum Gasteiger partial charge on any atom is 0.183 e. The molecule has 0 aliphatic heterocycles. The summed E-state index contributed by atoms with van der Waals surface area (Å²) >= 11 is 10.7. The second-order valence-corrected chi connectivity index (χ2v) is 6.23. The van der Waals surface area contributed by atoms with Gasteiger partial charge in [-0.1, -0.05) is 27.5 Å². The summed E-state index contributed by atoms with van der Waals surface area (Å²) < 4.78 is 7.39. The Labute approximate surface area is 118 Å². The molecule has 0 radical (unpaired) electrons. The van der Waals surface area contributed by atoms with E-state index in [0.29, 0.717) is 11.1 Å². The van der Waals surface area contributed by atoms with Gasteiger partial charge in [0.1, 0.15) is 12.4 Å². The molecule has 1 aromatic carbocycles. The van der Waals surface area contributed by atoms with Crippen molar-refractivity contribution in [3.63, 3.8) is 0 Å². The fourth-order valence-electron chi connectivity index (χ4n) is 1.49. The first-order valence-electron chi connectivity index (χ1n) is 5.06. The van der Waals surface area contributed by atoms with Gasteiger partial charge in [0.2, 0.25) is 0 Å². The summed E-state index contributed by atoms with van der Waals surface area (Å²) in [6.07, 6.45) is 1.74. The molecule has 0 fully saturated rings. The topological polar surface area (TPSA) is 22.1 Å². The fraction of sp³-hybridized carbons (Fsp3) is 0.250. The molecule has 0 aliphatic rings. The van der Waals surface area contributed by atoms with E-state index in [1.54, 1.807) is 6.20 Å². The molecule has 2 rings (SSSR count). The first-order valence-corrected chi connectivity index (χ1v) is 7.05. The average Bonchev–Trinajstić information content (AvgIpc) is 2.69. The van der Waals surface area contributed by atoms with Gasteiger partial charge in [-0.05, 0) is 37.1 Å². The van der Waals surface area contributed by atoms with Crippen LogP contribution in [0.3, 0.4) is 0 Å². The second kappa shape index (κ2) is 5.38. The minimum atomic E-state index is 0.505. The standard InChI is InChI=1S/C12H11BrClNOS/c1-7-3-9(4-8(2)11(7)13)16-6-10-5-15-12(14)17-10/h3-5H,6H2,1-2H3. The molecule has 0 bridgehead atoms.